The van der Waals surface area contributed by atoms with E-state index in [0.717, 1.165) is 62.0 Å². The van der Waals surface area contributed by atoms with Crippen molar-refractivity contribution >= 4 is 11.9 Å². The Morgan fingerprint density at radius 3 is 2.70 bits per heavy atom. The summed E-state index contributed by atoms with van der Waals surface area (Å²) in [5, 5.41) is 0. The van der Waals surface area contributed by atoms with Gasteiger partial charge in [-0.05, 0) is 62.4 Å². The predicted octanol–water partition coefficient (Wildman–Crippen LogP) is 1.68. The van der Waals surface area contributed by atoms with Crippen molar-refractivity contribution in [3.63, 3.8) is 0 Å². The van der Waals surface area contributed by atoms with Crippen molar-refractivity contribution in [3.05, 3.63) is 47.5 Å². The van der Waals surface area contributed by atoms with Crippen LogP contribution in [0.15, 0.2) is 30.7 Å². The average Bonchev–Trinajstić information content (AvgIpc) is 3.30. The fourth-order valence-electron chi connectivity index (χ4n) is 5.11. The maximum atomic E-state index is 13.6. The molecule has 8 heteroatoms. The van der Waals surface area contributed by atoms with Gasteiger partial charge in [-0.1, -0.05) is 6.07 Å². The molecule has 158 valence electrons. The standard InChI is InChI=1S/C22H28N6O2/c23-21-25-15-17-5-13-30-22(19(17)26-21)6-11-28(12-7-22)20(29)18(27-9-1-2-10-27)16-4-3-8-24-14-16/h3-4,8,14-15,18H,1-2,5-7,9-13H2,(H2,23,25,26). The molecule has 2 saturated heterocycles. The van der Waals surface area contributed by atoms with Crippen LogP contribution < -0.4 is 5.73 Å². The smallest absolute Gasteiger partial charge is 0.244 e. The van der Waals surface area contributed by atoms with E-state index in [2.05, 4.69) is 19.9 Å². The molecule has 3 aliphatic heterocycles. The lowest BCUT2D eigenvalue weighted by Gasteiger charge is -2.45. The molecule has 1 unspecified atom stereocenters. The summed E-state index contributed by atoms with van der Waals surface area (Å²) < 4.78 is 6.26. The second kappa shape index (κ2) is 7.92. The molecule has 5 heterocycles. The van der Waals surface area contributed by atoms with Gasteiger partial charge in [-0.25, -0.2) is 9.97 Å². The molecule has 1 amide bonds. The van der Waals surface area contributed by atoms with Crippen molar-refractivity contribution in [2.24, 2.45) is 0 Å². The van der Waals surface area contributed by atoms with Crippen molar-refractivity contribution in [1.82, 2.24) is 24.8 Å². The number of nitrogens with two attached hydrogens (primary N) is 1. The Morgan fingerprint density at radius 2 is 1.97 bits per heavy atom. The number of fused-ring (bicyclic) bond motifs is 2. The topological polar surface area (TPSA) is 97.5 Å². The predicted molar refractivity (Wildman–Crippen MR) is 111 cm³/mol. The van der Waals surface area contributed by atoms with E-state index in [4.69, 9.17) is 10.5 Å². The molecule has 0 saturated carbocycles. The highest BCUT2D eigenvalue weighted by molar-refractivity contribution is 5.83. The number of ether oxygens (including phenoxy) is 1. The zero-order chi connectivity index (χ0) is 20.6. The third-order valence-corrected chi connectivity index (χ3v) is 6.69. The Bertz CT molecular complexity index is 907. The van der Waals surface area contributed by atoms with Gasteiger partial charge in [-0.2, -0.15) is 0 Å². The van der Waals surface area contributed by atoms with E-state index in [1.54, 1.807) is 6.20 Å². The second-order valence-corrected chi connectivity index (χ2v) is 8.45. The van der Waals surface area contributed by atoms with Gasteiger partial charge in [0.2, 0.25) is 11.9 Å². The van der Waals surface area contributed by atoms with Crippen LogP contribution in [0.5, 0.6) is 0 Å². The van der Waals surface area contributed by atoms with Crippen LogP contribution in [0.1, 0.15) is 48.5 Å². The van der Waals surface area contributed by atoms with Gasteiger partial charge in [0.15, 0.2) is 0 Å². The number of likely N-dealkylation sites (tertiary alicyclic amines) is 2. The van der Waals surface area contributed by atoms with Crippen LogP contribution in [0, 0.1) is 0 Å². The van der Waals surface area contributed by atoms with E-state index in [-0.39, 0.29) is 17.9 Å². The summed E-state index contributed by atoms with van der Waals surface area (Å²) >= 11 is 0. The number of nitrogens with zero attached hydrogens (tertiary/aromatic N) is 5. The molecule has 2 fully saturated rings. The fraction of sp³-hybridized carbons (Fsp3) is 0.545. The second-order valence-electron chi connectivity index (χ2n) is 8.45. The number of nitrogen functional groups attached to an aromatic ring is 1. The molecule has 2 aromatic heterocycles. The highest BCUT2D eigenvalue weighted by atomic mass is 16.5. The number of amides is 1. The lowest BCUT2D eigenvalue weighted by atomic mass is 9.83. The molecule has 0 bridgehead atoms. The third-order valence-electron chi connectivity index (χ3n) is 6.69. The van der Waals surface area contributed by atoms with E-state index in [1.807, 2.05) is 29.4 Å². The van der Waals surface area contributed by atoms with Crippen molar-refractivity contribution in [1.29, 1.82) is 0 Å². The Hall–Kier alpha value is -2.58. The van der Waals surface area contributed by atoms with Gasteiger partial charge >= 0.3 is 0 Å². The summed E-state index contributed by atoms with van der Waals surface area (Å²) in [6.45, 7) is 3.85. The molecule has 30 heavy (non-hydrogen) atoms. The maximum absolute atomic E-state index is 13.6. The normalized spacial score (nSPS) is 22.1. The first-order valence-electron chi connectivity index (χ1n) is 10.8. The highest BCUT2D eigenvalue weighted by Gasteiger charge is 2.44. The molecule has 0 aromatic carbocycles. The maximum Gasteiger partial charge on any atom is 0.244 e. The Morgan fingerprint density at radius 1 is 1.17 bits per heavy atom. The molecular formula is C22H28N6O2. The van der Waals surface area contributed by atoms with Crippen LogP contribution >= 0.6 is 0 Å². The molecule has 0 aliphatic carbocycles. The molecule has 1 atom stereocenters. The zero-order valence-corrected chi connectivity index (χ0v) is 17.2. The van der Waals surface area contributed by atoms with Crippen molar-refractivity contribution < 1.29 is 9.53 Å². The number of piperidine rings is 1. The minimum Gasteiger partial charge on any atom is -0.368 e. The Labute approximate surface area is 176 Å². The summed E-state index contributed by atoms with van der Waals surface area (Å²) in [4.78, 5) is 30.9. The minimum atomic E-state index is -0.459. The lowest BCUT2D eigenvalue weighted by Crippen LogP contribution is -2.51. The SMILES string of the molecule is Nc1ncc2c(n1)C1(CCN(C(=O)C(c3cccnc3)N3CCCC3)CC1)OCC2. The van der Waals surface area contributed by atoms with E-state index >= 15 is 0 Å². The Kier molecular flexibility index (Phi) is 5.12. The van der Waals surface area contributed by atoms with Gasteiger partial charge in [-0.15, -0.1) is 0 Å². The average molecular weight is 409 g/mol. The van der Waals surface area contributed by atoms with Gasteiger partial charge in [0.25, 0.3) is 0 Å². The van der Waals surface area contributed by atoms with E-state index in [0.29, 0.717) is 19.7 Å². The minimum absolute atomic E-state index is 0.165. The van der Waals surface area contributed by atoms with Crippen LogP contribution in [0.2, 0.25) is 0 Å². The first-order chi connectivity index (χ1) is 14.7. The number of aromatic nitrogens is 3. The van der Waals surface area contributed by atoms with E-state index in [1.165, 1.54) is 0 Å². The van der Waals surface area contributed by atoms with Crippen LogP contribution in [0.4, 0.5) is 5.95 Å². The largest absolute Gasteiger partial charge is 0.368 e. The van der Waals surface area contributed by atoms with Crippen molar-refractivity contribution in [2.75, 3.05) is 38.5 Å². The lowest BCUT2D eigenvalue weighted by molar-refractivity contribution is -0.146. The van der Waals surface area contributed by atoms with Gasteiger partial charge in [0, 0.05) is 31.7 Å². The number of anilines is 1. The molecular weight excluding hydrogens is 380 g/mol. The molecule has 1 spiro atoms. The molecule has 0 radical (unpaired) electrons. The van der Waals surface area contributed by atoms with Crippen LogP contribution in [0.3, 0.4) is 0 Å². The molecule has 2 aromatic rings. The van der Waals surface area contributed by atoms with Crippen LogP contribution in [-0.2, 0) is 21.6 Å². The Balaban J connectivity index is 1.36. The van der Waals surface area contributed by atoms with E-state index in [9.17, 15) is 4.79 Å². The molecule has 2 N–H and O–H groups in total. The van der Waals surface area contributed by atoms with Crippen LogP contribution in [-0.4, -0.2) is 63.4 Å². The summed E-state index contributed by atoms with van der Waals surface area (Å²) in [6.07, 6.45) is 9.93. The van der Waals surface area contributed by atoms with Gasteiger partial charge < -0.3 is 15.4 Å². The van der Waals surface area contributed by atoms with Gasteiger partial charge in [0.1, 0.15) is 11.6 Å². The highest BCUT2D eigenvalue weighted by Crippen LogP contribution is 2.41. The monoisotopic (exact) mass is 408 g/mol. The summed E-state index contributed by atoms with van der Waals surface area (Å²) in [7, 11) is 0. The summed E-state index contributed by atoms with van der Waals surface area (Å²) in [5.41, 5.74) is 8.41. The molecule has 3 aliphatic rings. The van der Waals surface area contributed by atoms with E-state index < -0.39 is 5.60 Å². The number of carbonyl (C=O) groups is 1. The number of pyridine rings is 1. The number of hydrogen-bond acceptors (Lipinski definition) is 7. The van der Waals surface area contributed by atoms with Gasteiger partial charge in [0.05, 0.1) is 12.3 Å². The number of carbonyl (C=O) groups excluding carboxylic acids is 1. The van der Waals surface area contributed by atoms with Crippen molar-refractivity contribution in [3.8, 4) is 0 Å². The van der Waals surface area contributed by atoms with Crippen molar-refractivity contribution in [2.45, 2.75) is 43.7 Å². The number of rotatable bonds is 3. The molecule has 5 rings (SSSR count). The summed E-state index contributed by atoms with van der Waals surface area (Å²) in [6, 6.07) is 3.67. The van der Waals surface area contributed by atoms with Crippen LogP contribution in [0.25, 0.3) is 0 Å². The first kappa shape index (κ1) is 19.4. The molecule has 8 nitrogen and oxygen atoms in total. The third kappa shape index (κ3) is 3.44. The first-order valence-corrected chi connectivity index (χ1v) is 10.8. The summed E-state index contributed by atoms with van der Waals surface area (Å²) in [5.74, 6) is 0.445. The number of hydrogen-bond donors (Lipinski definition) is 1. The quantitative estimate of drug-likeness (QED) is 0.825. The zero-order valence-electron chi connectivity index (χ0n) is 17.2. The van der Waals surface area contributed by atoms with Gasteiger partial charge in [-0.3, -0.25) is 14.7 Å². The fourth-order valence-corrected chi connectivity index (χ4v) is 5.11.